The van der Waals surface area contributed by atoms with E-state index < -0.39 is 47.5 Å². The molecule has 8 rings (SSSR count). The standard InChI is InChI=1S/C34H31FO6.C33H29FO6/c1-19(2)32(36)39-18-25-8-7-23-13-24(10-11-29(23)25)30-12-9-22(16-31(30)35)26-14-27(40-33(37)20(3)4)17-28(15-26)41-34(38)21(5)6;1-6-31(35)38-18-21-11-22-7-8-24(13-25(22)12-21)29-10-9-23(16-30(29)34)26-14-27(39-32(36)19(2)3)17-28(15-26)40-33(37)20(4)5/h9-17,25H,1,3,5,7-8,18H2,2,4,6H3;6-10,13-17,21H,1-2,4,11-12,18H2,3,5H3. The van der Waals surface area contributed by atoms with E-state index in [1.807, 2.05) is 36.4 Å². The first-order valence-corrected chi connectivity index (χ1v) is 25.7. The maximum absolute atomic E-state index is 15.5. The molecule has 14 heteroatoms. The highest BCUT2D eigenvalue weighted by Gasteiger charge is 2.26. The summed E-state index contributed by atoms with van der Waals surface area (Å²) in [5, 5.41) is 0. The van der Waals surface area contributed by atoms with E-state index in [9.17, 15) is 28.8 Å². The molecule has 0 aliphatic heterocycles. The van der Waals surface area contributed by atoms with Crippen LogP contribution in [0.15, 0.2) is 183 Å². The number of rotatable bonds is 18. The largest absolute Gasteiger partial charge is 0.462 e. The van der Waals surface area contributed by atoms with E-state index in [1.165, 1.54) is 52.0 Å². The van der Waals surface area contributed by atoms with Crippen molar-refractivity contribution < 1.29 is 66.0 Å². The predicted octanol–water partition coefficient (Wildman–Crippen LogP) is 13.8. The molecule has 2 unspecified atom stereocenters. The Kier molecular flexibility index (Phi) is 18.9. The fourth-order valence-electron chi connectivity index (χ4n) is 8.95. The first-order chi connectivity index (χ1) is 38.5. The van der Waals surface area contributed by atoms with Crippen molar-refractivity contribution in [1.29, 1.82) is 0 Å². The number of esters is 6. The Morgan fingerprint density at radius 1 is 0.457 bits per heavy atom. The third-order valence-corrected chi connectivity index (χ3v) is 13.2. The van der Waals surface area contributed by atoms with Crippen LogP contribution >= 0.6 is 0 Å². The molecule has 0 saturated heterocycles. The van der Waals surface area contributed by atoms with Crippen LogP contribution in [-0.4, -0.2) is 49.0 Å². The third-order valence-electron chi connectivity index (χ3n) is 13.2. The molecule has 0 aromatic heterocycles. The van der Waals surface area contributed by atoms with E-state index in [0.29, 0.717) is 45.6 Å². The molecule has 0 heterocycles. The monoisotopic (exact) mass is 1090 g/mol. The summed E-state index contributed by atoms with van der Waals surface area (Å²) in [6.45, 7) is 29.6. The van der Waals surface area contributed by atoms with E-state index >= 15 is 8.78 Å². The lowest BCUT2D eigenvalue weighted by Gasteiger charge is -2.14. The van der Waals surface area contributed by atoms with Gasteiger partial charge in [-0.2, -0.15) is 0 Å². The molecule has 6 aromatic carbocycles. The highest BCUT2D eigenvalue weighted by atomic mass is 19.1. The van der Waals surface area contributed by atoms with Crippen LogP contribution in [0.2, 0.25) is 0 Å². The van der Waals surface area contributed by atoms with Crippen LogP contribution in [0.5, 0.6) is 23.0 Å². The van der Waals surface area contributed by atoms with Crippen molar-refractivity contribution >= 4 is 35.8 Å². The summed E-state index contributed by atoms with van der Waals surface area (Å²) < 4.78 is 63.0. The highest BCUT2D eigenvalue weighted by molar-refractivity contribution is 5.92. The van der Waals surface area contributed by atoms with Gasteiger partial charge in [-0.15, -0.1) is 0 Å². The molecule has 414 valence electrons. The van der Waals surface area contributed by atoms with Crippen molar-refractivity contribution in [3.63, 3.8) is 0 Å². The normalized spacial score (nSPS) is 13.6. The van der Waals surface area contributed by atoms with Crippen LogP contribution in [0, 0.1) is 17.6 Å². The van der Waals surface area contributed by atoms with E-state index in [2.05, 4.69) is 39.5 Å². The molecule has 81 heavy (non-hydrogen) atoms. The molecule has 12 nitrogen and oxygen atoms in total. The first kappa shape index (κ1) is 59.1. The molecular weight excluding hydrogens is 1030 g/mol. The van der Waals surface area contributed by atoms with Gasteiger partial charge in [-0.05, 0) is 152 Å². The molecule has 0 amide bonds. The Labute approximate surface area is 469 Å². The second-order valence-corrected chi connectivity index (χ2v) is 20.1. The number of aryl methyl sites for hydroxylation is 1. The number of hydrogen-bond acceptors (Lipinski definition) is 12. The maximum atomic E-state index is 15.5. The van der Waals surface area contributed by atoms with Gasteiger partial charge in [0.25, 0.3) is 0 Å². The number of carbonyl (C=O) groups is 6. The molecule has 0 fully saturated rings. The average Bonchev–Trinajstić information content (AvgIpc) is 4.06. The number of halogens is 2. The molecule has 0 radical (unpaired) electrons. The molecule has 2 atom stereocenters. The summed E-state index contributed by atoms with van der Waals surface area (Å²) >= 11 is 0. The smallest absolute Gasteiger partial charge is 0.338 e. The van der Waals surface area contributed by atoms with Crippen molar-refractivity contribution in [2.45, 2.75) is 66.2 Å². The fraction of sp³-hybridized carbons (Fsp3) is 0.194. The lowest BCUT2D eigenvalue weighted by atomic mass is 9.95. The Morgan fingerprint density at radius 2 is 0.864 bits per heavy atom. The quantitative estimate of drug-likeness (QED) is 0.0456. The van der Waals surface area contributed by atoms with Crippen LogP contribution in [0.4, 0.5) is 8.78 Å². The number of benzene rings is 6. The van der Waals surface area contributed by atoms with Crippen LogP contribution in [0.25, 0.3) is 44.5 Å². The summed E-state index contributed by atoms with van der Waals surface area (Å²) in [5.74, 6) is -3.60. The zero-order valence-electron chi connectivity index (χ0n) is 45.8. The van der Waals surface area contributed by atoms with Gasteiger partial charge in [-0.3, -0.25) is 0 Å². The van der Waals surface area contributed by atoms with E-state index in [4.69, 9.17) is 28.4 Å². The van der Waals surface area contributed by atoms with Gasteiger partial charge in [0.05, 0.1) is 13.2 Å². The SMILES string of the molecule is C=C(C)C(=O)OCC1CCc2cc(-c3ccc(-c4cc(OC(=O)C(=C)C)cc(OC(=O)C(=C)C)c4)cc3F)ccc21.C=CC(=O)OCC1Cc2ccc(-c3ccc(-c4cc(OC(=O)C(=C)C)cc(OC(=O)C(=C)C)c4)cc3F)cc2C1. The summed E-state index contributed by atoms with van der Waals surface area (Å²) in [5.41, 5.74) is 9.83. The summed E-state index contributed by atoms with van der Waals surface area (Å²) in [4.78, 5) is 71.7. The van der Waals surface area contributed by atoms with Gasteiger partial charge in [0.15, 0.2) is 0 Å². The summed E-state index contributed by atoms with van der Waals surface area (Å²) in [7, 11) is 0. The van der Waals surface area contributed by atoms with Crippen LogP contribution in [-0.2, 0) is 57.5 Å². The number of fused-ring (bicyclic) bond motifs is 2. The predicted molar refractivity (Wildman–Crippen MR) is 305 cm³/mol. The zero-order chi connectivity index (χ0) is 58.8. The minimum atomic E-state index is -0.645. The van der Waals surface area contributed by atoms with Crippen LogP contribution in [0.1, 0.15) is 69.2 Å². The first-order valence-electron chi connectivity index (χ1n) is 25.7. The second kappa shape index (κ2) is 25.9. The Balaban J connectivity index is 0.000000234. The molecular formula is C67H60F2O12. The molecule has 0 bridgehead atoms. The van der Waals surface area contributed by atoms with Crippen LogP contribution < -0.4 is 18.9 Å². The van der Waals surface area contributed by atoms with Gasteiger partial charge < -0.3 is 28.4 Å². The molecule has 2 aliphatic carbocycles. The van der Waals surface area contributed by atoms with Gasteiger partial charge >= 0.3 is 35.8 Å². The zero-order valence-corrected chi connectivity index (χ0v) is 45.8. The van der Waals surface area contributed by atoms with Crippen molar-refractivity contribution in [2.75, 3.05) is 13.2 Å². The van der Waals surface area contributed by atoms with Gasteiger partial charge in [-0.1, -0.05) is 100 Å². The maximum Gasteiger partial charge on any atom is 0.338 e. The van der Waals surface area contributed by atoms with Gasteiger partial charge in [0, 0.05) is 69.0 Å². The Hall–Kier alpha value is -9.56. The number of hydrogen-bond donors (Lipinski definition) is 0. The topological polar surface area (TPSA) is 158 Å². The molecule has 0 spiro atoms. The Bertz CT molecular complexity index is 3530. The number of carbonyl (C=O) groups excluding carboxylic acids is 6. The van der Waals surface area contributed by atoms with Crippen molar-refractivity contribution in [3.8, 4) is 67.5 Å². The fourth-order valence-corrected chi connectivity index (χ4v) is 8.95. The molecule has 6 aromatic rings. The van der Waals surface area contributed by atoms with Gasteiger partial charge in [0.1, 0.15) is 34.6 Å². The van der Waals surface area contributed by atoms with Gasteiger partial charge in [-0.25, -0.2) is 37.5 Å². The average molecular weight is 1100 g/mol. The van der Waals surface area contributed by atoms with Crippen molar-refractivity contribution in [2.24, 2.45) is 5.92 Å². The van der Waals surface area contributed by atoms with Crippen LogP contribution in [0.3, 0.4) is 0 Å². The highest BCUT2D eigenvalue weighted by Crippen LogP contribution is 2.40. The molecule has 2 aliphatic rings. The minimum Gasteiger partial charge on any atom is -0.462 e. The lowest BCUT2D eigenvalue weighted by molar-refractivity contribution is -0.140. The second-order valence-electron chi connectivity index (χ2n) is 20.1. The van der Waals surface area contributed by atoms with Crippen molar-refractivity contribution in [3.05, 3.63) is 216 Å². The summed E-state index contributed by atoms with van der Waals surface area (Å²) in [6.07, 6.45) is 4.31. The molecule has 0 N–H and O–H groups in total. The third kappa shape index (κ3) is 15.2. The minimum absolute atomic E-state index is 0.0917. The Morgan fingerprint density at radius 3 is 1.28 bits per heavy atom. The summed E-state index contributed by atoms with van der Waals surface area (Å²) in [6, 6.07) is 30.3. The van der Waals surface area contributed by atoms with Crippen molar-refractivity contribution in [1.82, 2.24) is 0 Å². The van der Waals surface area contributed by atoms with E-state index in [-0.39, 0.29) is 63.7 Å². The van der Waals surface area contributed by atoms with E-state index in [0.717, 1.165) is 65.1 Å². The van der Waals surface area contributed by atoms with E-state index in [1.54, 1.807) is 55.5 Å². The number of ether oxygens (including phenoxy) is 6. The lowest BCUT2D eigenvalue weighted by Crippen LogP contribution is -2.12. The van der Waals surface area contributed by atoms with Gasteiger partial charge in [0.2, 0.25) is 0 Å². The molecule has 0 saturated carbocycles.